The number of halogens is 6. The second kappa shape index (κ2) is 12.0. The molecule has 2 saturated heterocycles. The van der Waals surface area contributed by atoms with E-state index in [2.05, 4.69) is 15.3 Å². The molecule has 16 heteroatoms. The van der Waals surface area contributed by atoms with Crippen molar-refractivity contribution in [1.82, 2.24) is 20.2 Å². The maximum atomic E-state index is 16.8. The fourth-order valence-electron chi connectivity index (χ4n) is 6.70. The van der Waals surface area contributed by atoms with Crippen molar-refractivity contribution < 1.29 is 35.9 Å². The lowest BCUT2D eigenvalue weighted by atomic mass is 9.92. The second-order valence-corrected chi connectivity index (χ2v) is 12.9. The van der Waals surface area contributed by atoms with Crippen LogP contribution in [0.1, 0.15) is 37.3 Å². The van der Waals surface area contributed by atoms with Gasteiger partial charge < -0.3 is 20.7 Å². The molecule has 2 atom stereocenters. The third-order valence-corrected chi connectivity index (χ3v) is 9.84. The van der Waals surface area contributed by atoms with Crippen molar-refractivity contribution >= 4 is 49.1 Å². The summed E-state index contributed by atoms with van der Waals surface area (Å²) in [5.74, 6) is -2.67. The van der Waals surface area contributed by atoms with Crippen molar-refractivity contribution in [3.8, 4) is 23.2 Å². The topological polar surface area (TPSA) is 120 Å². The summed E-state index contributed by atoms with van der Waals surface area (Å²) in [7, 11) is 1.51. The van der Waals surface area contributed by atoms with Crippen molar-refractivity contribution in [1.29, 1.82) is 5.26 Å². The quantitative estimate of drug-likeness (QED) is 0.225. The molecule has 0 radical (unpaired) electrons. The summed E-state index contributed by atoms with van der Waals surface area (Å²) in [5, 5.41) is 11.7. The maximum absolute atomic E-state index is 16.8. The summed E-state index contributed by atoms with van der Waals surface area (Å²) in [6.45, 7) is 2.39. The summed E-state index contributed by atoms with van der Waals surface area (Å²) >= 11 is 0.669. The van der Waals surface area contributed by atoms with E-state index in [4.69, 9.17) is 10.5 Å². The lowest BCUT2D eigenvalue weighted by Gasteiger charge is -2.31. The van der Waals surface area contributed by atoms with E-state index >= 15 is 4.39 Å². The third-order valence-electron chi connectivity index (χ3n) is 8.81. The number of aromatic nitrogens is 2. The molecule has 6 rings (SSSR count). The Morgan fingerprint density at radius 2 is 2.09 bits per heavy atom. The number of nitrogens with two attached hydrogens (primary N) is 1. The number of amides is 1. The highest BCUT2D eigenvalue weighted by Crippen LogP contribution is 2.48. The summed E-state index contributed by atoms with van der Waals surface area (Å²) in [6.07, 6.45) is -4.46. The van der Waals surface area contributed by atoms with Crippen LogP contribution in [0.4, 0.5) is 37.2 Å². The highest BCUT2D eigenvalue weighted by atomic mass is 32.1. The number of nitrogens with one attached hydrogen (secondary N) is 1. The summed E-state index contributed by atoms with van der Waals surface area (Å²) in [5.41, 5.74) is 1.75. The second-order valence-electron chi connectivity index (χ2n) is 11.9. The predicted molar refractivity (Wildman–Crippen MR) is 165 cm³/mol. The predicted octanol–water partition coefficient (Wildman–Crippen LogP) is 5.79. The van der Waals surface area contributed by atoms with Crippen LogP contribution in [0.3, 0.4) is 0 Å². The van der Waals surface area contributed by atoms with Crippen molar-refractivity contribution in [2.45, 2.75) is 44.1 Å². The maximum Gasteiger partial charge on any atom is 0.417 e. The molecule has 248 valence electrons. The van der Waals surface area contributed by atoms with Crippen molar-refractivity contribution in [2.75, 3.05) is 50.5 Å². The Balaban J connectivity index is 1.57. The number of likely N-dealkylation sites (N-methyl/N-ethyl adjacent to an activating group) is 1. The first-order valence-electron chi connectivity index (χ1n) is 14.7. The van der Waals surface area contributed by atoms with Gasteiger partial charge in [-0.3, -0.25) is 9.69 Å². The lowest BCUT2D eigenvalue weighted by molar-refractivity contribution is -0.137. The molecule has 2 aromatic heterocycles. The number of rotatable bonds is 8. The Morgan fingerprint density at radius 3 is 2.79 bits per heavy atom. The van der Waals surface area contributed by atoms with Crippen LogP contribution in [0, 0.1) is 23.0 Å². The Kier molecular flexibility index (Phi) is 8.33. The molecule has 2 aliphatic rings. The van der Waals surface area contributed by atoms with Gasteiger partial charge >= 0.3 is 12.2 Å². The van der Waals surface area contributed by atoms with Crippen LogP contribution in [0.25, 0.3) is 32.1 Å². The van der Waals surface area contributed by atoms with Gasteiger partial charge in [-0.25, -0.2) is 13.2 Å². The number of anilines is 2. The number of alkyl halides is 4. The van der Waals surface area contributed by atoms with Gasteiger partial charge in [0, 0.05) is 56.4 Å². The Labute approximate surface area is 268 Å². The number of nitriles is 1. The van der Waals surface area contributed by atoms with E-state index in [1.165, 1.54) is 18.9 Å². The molecular weight excluding hydrogens is 648 g/mol. The summed E-state index contributed by atoms with van der Waals surface area (Å²) < 4.78 is 96.1. The van der Waals surface area contributed by atoms with Crippen LogP contribution in [0.2, 0.25) is 0 Å². The zero-order chi connectivity index (χ0) is 33.8. The average molecular weight is 678 g/mol. The minimum Gasteiger partial charge on any atom is -0.461 e. The van der Waals surface area contributed by atoms with Crippen LogP contribution < -0.4 is 20.7 Å². The molecule has 2 fully saturated rings. The van der Waals surface area contributed by atoms with E-state index in [0.717, 1.165) is 18.6 Å². The van der Waals surface area contributed by atoms with E-state index in [1.807, 2.05) is 4.90 Å². The molecule has 0 spiro atoms. The van der Waals surface area contributed by atoms with Gasteiger partial charge in [-0.15, -0.1) is 11.3 Å². The minimum absolute atomic E-state index is 0.0264. The average Bonchev–Trinajstić information content (AvgIpc) is 3.65. The minimum atomic E-state index is -5.11. The number of ether oxygens (including phenoxy) is 1. The molecule has 2 aromatic carbocycles. The molecule has 4 aromatic rings. The first kappa shape index (κ1) is 32.6. The lowest BCUT2D eigenvalue weighted by Crippen LogP contribution is -2.43. The van der Waals surface area contributed by atoms with E-state index in [0.29, 0.717) is 30.4 Å². The van der Waals surface area contributed by atoms with E-state index in [9.17, 15) is 32.0 Å². The molecule has 1 amide bonds. The number of hydrogen-bond donors (Lipinski definition) is 2. The van der Waals surface area contributed by atoms with Crippen LogP contribution in [0.5, 0.6) is 6.01 Å². The monoisotopic (exact) mass is 677 g/mol. The zero-order valence-corrected chi connectivity index (χ0v) is 26.1. The number of hydrogen-bond acceptors (Lipinski definition) is 9. The Morgan fingerprint density at radius 1 is 1.32 bits per heavy atom. The first-order chi connectivity index (χ1) is 22.2. The van der Waals surface area contributed by atoms with Gasteiger partial charge in [0.2, 0.25) is 5.91 Å². The molecule has 0 unspecified atom stereocenters. The van der Waals surface area contributed by atoms with Crippen LogP contribution in [-0.4, -0.2) is 72.3 Å². The van der Waals surface area contributed by atoms with Crippen molar-refractivity contribution in [2.24, 2.45) is 0 Å². The van der Waals surface area contributed by atoms with Crippen molar-refractivity contribution in [3.05, 3.63) is 41.0 Å². The van der Waals surface area contributed by atoms with Gasteiger partial charge in [0.1, 0.15) is 41.0 Å². The Bertz CT molecular complexity index is 1940. The number of nitrogens with zero attached hydrogens (tertiary/aromatic N) is 5. The smallest absolute Gasteiger partial charge is 0.417 e. The molecular formula is C31H29F6N7O2S. The highest BCUT2D eigenvalue weighted by Gasteiger charge is 2.49. The molecule has 2 aliphatic heterocycles. The van der Waals surface area contributed by atoms with Gasteiger partial charge in [0.05, 0.1) is 21.4 Å². The molecule has 4 heterocycles. The van der Waals surface area contributed by atoms with Gasteiger partial charge in [-0.1, -0.05) is 6.07 Å². The third kappa shape index (κ3) is 5.75. The SMILES string of the molecule is CC(=O)NCCN(C)c1nc(OC[C@@]23CCCN2C[C@H](F)C3)nc2c(F)c(-c3ccc(F)c4sc(N)c(C#N)c34)c(C(F)(F)F)cc12. The molecule has 0 bridgehead atoms. The highest BCUT2D eigenvalue weighted by molar-refractivity contribution is 7.23. The largest absolute Gasteiger partial charge is 0.461 e. The number of thiophene rings is 1. The van der Waals surface area contributed by atoms with Gasteiger partial charge in [-0.2, -0.15) is 28.4 Å². The molecule has 0 aliphatic carbocycles. The van der Waals surface area contributed by atoms with Gasteiger partial charge in [-0.05, 0) is 37.1 Å². The summed E-state index contributed by atoms with van der Waals surface area (Å²) in [4.78, 5) is 23.5. The van der Waals surface area contributed by atoms with Crippen LogP contribution >= 0.6 is 11.3 Å². The van der Waals surface area contributed by atoms with Gasteiger partial charge in [0.15, 0.2) is 5.82 Å². The molecule has 3 N–H and O–H groups in total. The zero-order valence-electron chi connectivity index (χ0n) is 25.3. The molecule has 0 saturated carbocycles. The van der Waals surface area contributed by atoms with E-state index < -0.39 is 46.2 Å². The standard InChI is InChI=1S/C31H29F6N7O2S/c1-15(45)40-7-9-43(2)28-18-10-20(31(35,36)37)23(17-4-5-21(33)26-22(17)19(12-38)27(39)47-26)24(34)25(18)41-29(42-28)46-14-30-6-3-8-44(30)13-16(32)11-30/h4-5,10,16H,3,6-9,11,13-14,39H2,1-2H3,(H,40,45)/t16-,30+/m1/s1. The number of benzene rings is 2. The van der Waals surface area contributed by atoms with Crippen LogP contribution in [-0.2, 0) is 11.0 Å². The fourth-order valence-corrected chi connectivity index (χ4v) is 7.64. The fraction of sp³-hybridized carbons (Fsp3) is 0.419. The molecule has 9 nitrogen and oxygen atoms in total. The first-order valence-corrected chi connectivity index (χ1v) is 15.6. The van der Waals surface area contributed by atoms with E-state index in [1.54, 1.807) is 6.07 Å². The number of nitrogen functional groups attached to an aromatic ring is 1. The van der Waals surface area contributed by atoms with Crippen LogP contribution in [0.15, 0.2) is 18.2 Å². The Hall–Kier alpha value is -4.36. The summed E-state index contributed by atoms with van der Waals surface area (Å²) in [6, 6.07) is 4.03. The normalized spacial score (nSPS) is 19.7. The van der Waals surface area contributed by atoms with Gasteiger partial charge in [0.25, 0.3) is 0 Å². The number of fused-ring (bicyclic) bond motifs is 3. The number of carbonyl (C=O) groups is 1. The molecule has 47 heavy (non-hydrogen) atoms. The van der Waals surface area contributed by atoms with Crippen molar-refractivity contribution in [3.63, 3.8) is 0 Å². The number of carbonyl (C=O) groups excluding carboxylic acids is 1. The van der Waals surface area contributed by atoms with E-state index in [-0.39, 0.29) is 82.0 Å².